The maximum atomic E-state index is 12.2. The maximum absolute atomic E-state index is 12.2. The standard InChI is InChI=1S/C22H23O5P.Na/c1-16-13-17(2)15-21(14-16)27-28(23,24)26-20-11-9-19(10-12-20)22(25-3)18-7-5-4-6-8-18;/h4-15,22H,1-3H3,(H,23,24);/q;+1/p-1. The molecule has 0 N–H and O–H groups in total. The summed E-state index contributed by atoms with van der Waals surface area (Å²) < 4.78 is 28.0. The van der Waals surface area contributed by atoms with Crippen LogP contribution in [-0.2, 0) is 9.30 Å². The summed E-state index contributed by atoms with van der Waals surface area (Å²) in [5.74, 6) is 0.408. The SMILES string of the molecule is COC(c1ccccc1)c1ccc(OP(=O)([O-])Oc2cc(C)cc(C)c2)cc1.[Na+]. The first-order chi connectivity index (χ1) is 13.4. The van der Waals surface area contributed by atoms with E-state index in [4.69, 9.17) is 13.8 Å². The third-order valence-corrected chi connectivity index (χ3v) is 5.02. The van der Waals surface area contributed by atoms with Crippen LogP contribution in [0.2, 0.25) is 0 Å². The summed E-state index contributed by atoms with van der Waals surface area (Å²) in [6.45, 7) is 3.74. The summed E-state index contributed by atoms with van der Waals surface area (Å²) in [5, 5.41) is 0. The number of phosphoric acid groups is 1. The fraction of sp³-hybridized carbons (Fsp3) is 0.182. The van der Waals surface area contributed by atoms with Gasteiger partial charge in [0.15, 0.2) is 0 Å². The first-order valence-corrected chi connectivity index (χ1v) is 10.3. The Balaban J connectivity index is 0.00000300. The van der Waals surface area contributed by atoms with E-state index in [9.17, 15) is 9.46 Å². The Labute approximate surface area is 193 Å². The average Bonchev–Trinajstić information content (AvgIpc) is 2.63. The number of rotatable bonds is 7. The summed E-state index contributed by atoms with van der Waals surface area (Å²) in [4.78, 5) is 12.2. The van der Waals surface area contributed by atoms with Gasteiger partial charge in [0.05, 0.1) is 0 Å². The van der Waals surface area contributed by atoms with Gasteiger partial charge in [-0.15, -0.1) is 0 Å². The fourth-order valence-electron chi connectivity index (χ4n) is 3.06. The molecule has 3 aromatic rings. The van der Waals surface area contributed by atoms with Crippen LogP contribution in [0.4, 0.5) is 0 Å². The molecule has 5 nitrogen and oxygen atoms in total. The zero-order chi connectivity index (χ0) is 20.1. The molecule has 0 amide bonds. The van der Waals surface area contributed by atoms with E-state index in [1.165, 1.54) is 0 Å². The van der Waals surface area contributed by atoms with Gasteiger partial charge in [0.1, 0.15) is 17.6 Å². The van der Waals surface area contributed by atoms with E-state index in [2.05, 4.69) is 0 Å². The van der Waals surface area contributed by atoms with Gasteiger partial charge in [0.2, 0.25) is 0 Å². The van der Waals surface area contributed by atoms with Crippen LogP contribution in [0.5, 0.6) is 11.5 Å². The third-order valence-electron chi connectivity index (χ3n) is 4.15. The molecule has 0 fully saturated rings. The van der Waals surface area contributed by atoms with Gasteiger partial charge in [-0.2, -0.15) is 0 Å². The molecular weight excluding hydrogens is 398 g/mol. The Morgan fingerprint density at radius 2 is 1.31 bits per heavy atom. The molecule has 0 aromatic heterocycles. The molecule has 0 heterocycles. The van der Waals surface area contributed by atoms with Gasteiger partial charge in [-0.05, 0) is 60.4 Å². The van der Waals surface area contributed by atoms with Crippen molar-refractivity contribution < 1.29 is 52.8 Å². The molecule has 146 valence electrons. The second-order valence-electron chi connectivity index (χ2n) is 6.55. The Morgan fingerprint density at radius 1 is 0.793 bits per heavy atom. The van der Waals surface area contributed by atoms with Crippen molar-refractivity contribution in [1.29, 1.82) is 0 Å². The summed E-state index contributed by atoms with van der Waals surface area (Å²) in [6.07, 6.45) is -0.249. The molecule has 0 saturated carbocycles. The van der Waals surface area contributed by atoms with Gasteiger partial charge >= 0.3 is 37.4 Å². The molecule has 2 unspecified atom stereocenters. The quantitative estimate of drug-likeness (QED) is 0.432. The Hall–Kier alpha value is -1.59. The van der Waals surface area contributed by atoms with Crippen molar-refractivity contribution in [3.8, 4) is 11.5 Å². The van der Waals surface area contributed by atoms with Crippen LogP contribution in [0.15, 0.2) is 72.8 Å². The smallest absolute Gasteiger partial charge is 0.736 e. The van der Waals surface area contributed by atoms with Gasteiger partial charge in [-0.25, -0.2) is 4.57 Å². The number of hydrogen-bond donors (Lipinski definition) is 0. The van der Waals surface area contributed by atoms with E-state index in [0.717, 1.165) is 22.3 Å². The molecule has 3 aromatic carbocycles. The van der Waals surface area contributed by atoms with E-state index < -0.39 is 7.82 Å². The molecule has 0 aliphatic carbocycles. The minimum atomic E-state index is -4.56. The summed E-state index contributed by atoms with van der Waals surface area (Å²) in [6, 6.07) is 21.7. The molecule has 0 spiro atoms. The van der Waals surface area contributed by atoms with Crippen molar-refractivity contribution in [3.05, 3.63) is 95.1 Å². The van der Waals surface area contributed by atoms with Crippen LogP contribution >= 0.6 is 7.82 Å². The van der Waals surface area contributed by atoms with Crippen LogP contribution < -0.4 is 43.5 Å². The molecule has 7 heteroatoms. The van der Waals surface area contributed by atoms with Gasteiger partial charge in [0, 0.05) is 7.11 Å². The molecule has 0 bridgehead atoms. The number of phosphoric ester groups is 1. The van der Waals surface area contributed by atoms with E-state index in [0.29, 0.717) is 0 Å². The van der Waals surface area contributed by atoms with Gasteiger partial charge < -0.3 is 18.7 Å². The van der Waals surface area contributed by atoms with Crippen LogP contribution in [-0.4, -0.2) is 7.11 Å². The van der Waals surface area contributed by atoms with E-state index in [-0.39, 0.29) is 47.2 Å². The molecule has 3 rings (SSSR count). The molecule has 0 radical (unpaired) electrons. The summed E-state index contributed by atoms with van der Waals surface area (Å²) in [5.41, 5.74) is 3.71. The molecule has 2 atom stereocenters. The Morgan fingerprint density at radius 3 is 1.86 bits per heavy atom. The van der Waals surface area contributed by atoms with Crippen molar-refractivity contribution in [2.24, 2.45) is 0 Å². The summed E-state index contributed by atoms with van der Waals surface area (Å²) >= 11 is 0. The zero-order valence-corrected chi connectivity index (χ0v) is 19.9. The molecule has 29 heavy (non-hydrogen) atoms. The predicted molar refractivity (Wildman–Crippen MR) is 107 cm³/mol. The van der Waals surface area contributed by atoms with Crippen molar-refractivity contribution in [2.75, 3.05) is 7.11 Å². The van der Waals surface area contributed by atoms with Crippen LogP contribution in [0.25, 0.3) is 0 Å². The van der Waals surface area contributed by atoms with Crippen LogP contribution in [0, 0.1) is 13.8 Å². The molecule has 0 saturated heterocycles. The minimum absolute atomic E-state index is 0. The van der Waals surface area contributed by atoms with Crippen molar-refractivity contribution >= 4 is 7.82 Å². The number of methoxy groups -OCH3 is 1. The Kier molecular flexibility index (Phi) is 8.53. The number of aryl methyl sites for hydroxylation is 2. The second-order valence-corrected chi connectivity index (χ2v) is 7.81. The monoisotopic (exact) mass is 420 g/mol. The number of benzene rings is 3. The van der Waals surface area contributed by atoms with Crippen molar-refractivity contribution in [1.82, 2.24) is 0 Å². The first kappa shape index (κ1) is 23.7. The van der Waals surface area contributed by atoms with Gasteiger partial charge in [-0.1, -0.05) is 48.5 Å². The maximum Gasteiger partial charge on any atom is 1.00 e. The third kappa shape index (κ3) is 6.71. The average molecular weight is 420 g/mol. The predicted octanol–water partition coefficient (Wildman–Crippen LogP) is 1.97. The normalized spacial score (nSPS) is 13.7. The second kappa shape index (κ2) is 10.4. The van der Waals surface area contributed by atoms with Crippen LogP contribution in [0.1, 0.15) is 28.4 Å². The van der Waals surface area contributed by atoms with Crippen molar-refractivity contribution in [3.63, 3.8) is 0 Å². The topological polar surface area (TPSA) is 67.8 Å². The fourth-order valence-corrected chi connectivity index (χ4v) is 3.84. The first-order valence-electron chi connectivity index (χ1n) is 8.82. The van der Waals surface area contributed by atoms with Crippen molar-refractivity contribution in [2.45, 2.75) is 20.0 Å². The largest absolute Gasteiger partial charge is 1.00 e. The van der Waals surface area contributed by atoms with E-state index in [1.54, 1.807) is 43.5 Å². The zero-order valence-electron chi connectivity index (χ0n) is 17.0. The van der Waals surface area contributed by atoms with Crippen LogP contribution in [0.3, 0.4) is 0 Å². The molecule has 0 aliphatic heterocycles. The molecule has 0 aliphatic rings. The van der Waals surface area contributed by atoms with Gasteiger partial charge in [-0.3, -0.25) is 0 Å². The number of ether oxygens (including phenoxy) is 1. The molecular formula is C22H22NaO5P. The van der Waals surface area contributed by atoms with E-state index >= 15 is 0 Å². The van der Waals surface area contributed by atoms with E-state index in [1.807, 2.05) is 50.2 Å². The Bertz CT molecular complexity index is 956. The summed E-state index contributed by atoms with van der Waals surface area (Å²) in [7, 11) is -2.93. The van der Waals surface area contributed by atoms with Gasteiger partial charge in [0.25, 0.3) is 0 Å². The minimum Gasteiger partial charge on any atom is -0.736 e. The number of hydrogen-bond acceptors (Lipinski definition) is 5.